The van der Waals surface area contributed by atoms with Gasteiger partial charge in [-0.05, 0) is 5.56 Å². The number of rotatable bonds is 5. The van der Waals surface area contributed by atoms with Gasteiger partial charge in [0.05, 0.1) is 6.42 Å². The van der Waals surface area contributed by atoms with Crippen molar-refractivity contribution in [1.29, 1.82) is 0 Å². The van der Waals surface area contributed by atoms with Crippen LogP contribution in [-0.4, -0.2) is 22.0 Å². The molecule has 1 heterocycles. The molecule has 0 atom stereocenters. The van der Waals surface area contributed by atoms with E-state index in [1.807, 2.05) is 30.3 Å². The van der Waals surface area contributed by atoms with E-state index >= 15 is 0 Å². The Kier molecular flexibility index (Phi) is 3.87. The third-order valence-corrected chi connectivity index (χ3v) is 2.33. The normalized spacial score (nSPS) is 10.1. The lowest BCUT2D eigenvalue weighted by Crippen LogP contribution is -2.25. The van der Waals surface area contributed by atoms with Gasteiger partial charge in [0, 0.05) is 6.54 Å². The lowest BCUT2D eigenvalue weighted by Gasteiger charge is -2.03. The zero-order chi connectivity index (χ0) is 13.7. The maximum atomic E-state index is 11.6. The molecule has 2 rings (SSSR count). The van der Waals surface area contributed by atoms with Gasteiger partial charge < -0.3 is 15.6 Å². The molecule has 0 fully saturated rings. The highest BCUT2D eigenvalue weighted by Gasteiger charge is 2.13. The largest absolute Gasteiger partial charge is 0.361 e. The summed E-state index contributed by atoms with van der Waals surface area (Å²) in [5.41, 5.74) is 5.94. The molecule has 19 heavy (non-hydrogen) atoms. The molecule has 1 aromatic heterocycles. The summed E-state index contributed by atoms with van der Waals surface area (Å²) >= 11 is 0. The molecule has 7 heteroatoms. The zero-order valence-corrected chi connectivity index (χ0v) is 10.00. The molecule has 2 amide bonds. The highest BCUT2D eigenvalue weighted by atomic mass is 16.5. The van der Waals surface area contributed by atoms with Crippen LogP contribution in [0.5, 0.6) is 0 Å². The predicted octanol–water partition coefficient (Wildman–Crippen LogP) is 0.0274. The molecule has 0 aliphatic heterocycles. The molecule has 0 saturated heterocycles. The summed E-state index contributed by atoms with van der Waals surface area (Å²) in [6.45, 7) is 0.417. The van der Waals surface area contributed by atoms with Crippen molar-refractivity contribution in [2.75, 3.05) is 0 Å². The highest BCUT2D eigenvalue weighted by molar-refractivity contribution is 5.87. The Hall–Kier alpha value is -2.70. The van der Waals surface area contributed by atoms with Gasteiger partial charge in [-0.15, -0.1) is 0 Å². The summed E-state index contributed by atoms with van der Waals surface area (Å²) in [4.78, 5) is 26.0. The summed E-state index contributed by atoms with van der Waals surface area (Å²) in [5.74, 6) is -1.26. The van der Waals surface area contributed by atoms with Crippen molar-refractivity contribution in [2.24, 2.45) is 5.73 Å². The highest BCUT2D eigenvalue weighted by Crippen LogP contribution is 1.99. The Labute approximate surface area is 108 Å². The van der Waals surface area contributed by atoms with E-state index in [1.54, 1.807) is 0 Å². The number of primary amides is 1. The first-order valence-electron chi connectivity index (χ1n) is 5.58. The average Bonchev–Trinajstić information content (AvgIpc) is 2.86. The number of benzene rings is 1. The van der Waals surface area contributed by atoms with Gasteiger partial charge in [-0.2, -0.15) is 4.98 Å². The summed E-state index contributed by atoms with van der Waals surface area (Å²) in [6, 6.07) is 9.48. The van der Waals surface area contributed by atoms with Gasteiger partial charge in [0.2, 0.25) is 5.91 Å². The van der Waals surface area contributed by atoms with Gasteiger partial charge in [0.15, 0.2) is 5.82 Å². The van der Waals surface area contributed by atoms with Crippen LogP contribution >= 0.6 is 0 Å². The fraction of sp³-hybridized carbons (Fsp3) is 0.167. The van der Waals surface area contributed by atoms with Crippen molar-refractivity contribution in [1.82, 2.24) is 15.5 Å². The summed E-state index contributed by atoms with van der Waals surface area (Å²) in [6.07, 6.45) is -0.0659. The number of aromatic nitrogens is 2. The van der Waals surface area contributed by atoms with Crippen LogP contribution in [0.3, 0.4) is 0 Å². The number of hydrogen-bond acceptors (Lipinski definition) is 5. The molecule has 98 valence electrons. The Morgan fingerprint density at radius 3 is 2.63 bits per heavy atom. The first-order chi connectivity index (χ1) is 9.15. The first kappa shape index (κ1) is 12.7. The van der Waals surface area contributed by atoms with Gasteiger partial charge in [-0.3, -0.25) is 9.59 Å². The van der Waals surface area contributed by atoms with Crippen molar-refractivity contribution >= 4 is 11.8 Å². The minimum absolute atomic E-state index is 0.0659. The van der Waals surface area contributed by atoms with E-state index in [-0.39, 0.29) is 24.0 Å². The molecule has 1 aromatic carbocycles. The summed E-state index contributed by atoms with van der Waals surface area (Å²) in [7, 11) is 0. The van der Waals surface area contributed by atoms with Crippen molar-refractivity contribution in [3.63, 3.8) is 0 Å². The predicted molar refractivity (Wildman–Crippen MR) is 64.8 cm³/mol. The van der Waals surface area contributed by atoms with E-state index in [0.717, 1.165) is 5.56 Å². The van der Waals surface area contributed by atoms with Crippen molar-refractivity contribution in [3.05, 3.63) is 47.6 Å². The Balaban J connectivity index is 1.85. The Morgan fingerprint density at radius 1 is 1.26 bits per heavy atom. The van der Waals surface area contributed by atoms with E-state index in [9.17, 15) is 9.59 Å². The van der Waals surface area contributed by atoms with E-state index in [1.165, 1.54) is 0 Å². The molecule has 0 radical (unpaired) electrons. The molecular weight excluding hydrogens is 248 g/mol. The Bertz CT molecular complexity index is 580. The third-order valence-electron chi connectivity index (χ3n) is 2.33. The monoisotopic (exact) mass is 260 g/mol. The van der Waals surface area contributed by atoms with Crippen LogP contribution in [-0.2, 0) is 17.8 Å². The Morgan fingerprint density at radius 2 is 2.00 bits per heavy atom. The van der Waals surface area contributed by atoms with E-state index in [0.29, 0.717) is 6.54 Å². The summed E-state index contributed by atoms with van der Waals surface area (Å²) < 4.78 is 4.57. The van der Waals surface area contributed by atoms with Crippen LogP contribution in [0, 0.1) is 0 Å². The molecule has 0 saturated carbocycles. The average molecular weight is 260 g/mol. The number of carbonyl (C=O) groups is 2. The van der Waals surface area contributed by atoms with Crippen LogP contribution in [0.2, 0.25) is 0 Å². The second-order valence-electron chi connectivity index (χ2n) is 3.82. The second kappa shape index (κ2) is 5.76. The minimum atomic E-state index is -0.816. The molecule has 2 aromatic rings. The number of nitrogens with one attached hydrogen (secondary N) is 1. The lowest BCUT2D eigenvalue weighted by atomic mass is 10.2. The van der Waals surface area contributed by atoms with Crippen molar-refractivity contribution in [2.45, 2.75) is 13.0 Å². The lowest BCUT2D eigenvalue weighted by molar-refractivity contribution is -0.120. The topological polar surface area (TPSA) is 111 Å². The number of nitrogens with two attached hydrogens (primary N) is 1. The first-order valence-corrected chi connectivity index (χ1v) is 5.58. The fourth-order valence-electron chi connectivity index (χ4n) is 1.43. The van der Waals surface area contributed by atoms with Crippen LogP contribution in [0.25, 0.3) is 0 Å². The van der Waals surface area contributed by atoms with Crippen LogP contribution in [0.4, 0.5) is 0 Å². The van der Waals surface area contributed by atoms with Crippen molar-refractivity contribution in [3.8, 4) is 0 Å². The molecule has 0 unspecified atom stereocenters. The fourth-order valence-corrected chi connectivity index (χ4v) is 1.43. The van der Waals surface area contributed by atoms with E-state index < -0.39 is 5.91 Å². The summed E-state index contributed by atoms with van der Waals surface area (Å²) in [5, 5.41) is 6.19. The molecule has 0 aliphatic carbocycles. The van der Waals surface area contributed by atoms with Gasteiger partial charge in [-0.25, -0.2) is 0 Å². The number of carbonyl (C=O) groups excluding carboxylic acids is 2. The van der Waals surface area contributed by atoms with Crippen LogP contribution in [0.1, 0.15) is 22.1 Å². The maximum absolute atomic E-state index is 11.6. The van der Waals surface area contributed by atoms with Gasteiger partial charge >= 0.3 is 11.8 Å². The number of hydrogen-bond donors (Lipinski definition) is 2. The quantitative estimate of drug-likeness (QED) is 0.787. The molecular formula is C12H12N4O3. The molecule has 3 N–H and O–H groups in total. The third kappa shape index (κ3) is 3.63. The van der Waals surface area contributed by atoms with E-state index in [4.69, 9.17) is 5.73 Å². The van der Waals surface area contributed by atoms with Crippen LogP contribution < -0.4 is 11.1 Å². The van der Waals surface area contributed by atoms with Gasteiger partial charge in [0.1, 0.15) is 0 Å². The standard InChI is InChI=1S/C12H12N4O3/c13-11(18)12-15-9(16-19-12)6-10(17)14-7-8-4-2-1-3-5-8/h1-5H,6-7H2,(H2,13,18)(H,14,17). The van der Waals surface area contributed by atoms with E-state index in [2.05, 4.69) is 20.0 Å². The van der Waals surface area contributed by atoms with Gasteiger partial charge in [0.25, 0.3) is 0 Å². The number of amides is 2. The SMILES string of the molecule is NC(=O)c1nc(CC(=O)NCc2ccccc2)no1. The molecule has 0 aliphatic rings. The molecule has 0 spiro atoms. The van der Waals surface area contributed by atoms with Gasteiger partial charge in [-0.1, -0.05) is 35.5 Å². The second-order valence-corrected chi connectivity index (χ2v) is 3.82. The molecule has 0 bridgehead atoms. The minimum Gasteiger partial charge on any atom is -0.361 e. The van der Waals surface area contributed by atoms with Crippen LogP contribution in [0.15, 0.2) is 34.9 Å². The zero-order valence-electron chi connectivity index (χ0n) is 10.00. The van der Waals surface area contributed by atoms with Crippen molar-refractivity contribution < 1.29 is 14.1 Å². The number of nitrogens with zero attached hydrogens (tertiary/aromatic N) is 2. The smallest absolute Gasteiger partial charge is 0.315 e. The maximum Gasteiger partial charge on any atom is 0.315 e. The molecule has 7 nitrogen and oxygen atoms in total.